The van der Waals surface area contributed by atoms with Crippen LogP contribution in [0.25, 0.3) is 11.1 Å². The molecule has 14 heavy (non-hydrogen) atoms. The van der Waals surface area contributed by atoms with Gasteiger partial charge in [-0.05, 0) is 17.7 Å². The zero-order valence-electron chi connectivity index (χ0n) is 7.61. The molecular weight excluding hydrogens is 200 g/mol. The maximum Gasteiger partial charge on any atom is 0.134 e. The highest BCUT2D eigenvalue weighted by molar-refractivity contribution is 6.32. The summed E-state index contributed by atoms with van der Waals surface area (Å²) in [4.78, 5) is 0. The third-order valence-electron chi connectivity index (χ3n) is 2.02. The van der Waals surface area contributed by atoms with Crippen LogP contribution in [0.15, 0.2) is 30.5 Å². The van der Waals surface area contributed by atoms with E-state index in [1.165, 1.54) is 0 Å². The lowest BCUT2D eigenvalue weighted by molar-refractivity contribution is 0.475. The Morgan fingerprint density at radius 1 is 1.43 bits per heavy atom. The van der Waals surface area contributed by atoms with Crippen molar-refractivity contribution >= 4 is 11.6 Å². The summed E-state index contributed by atoms with van der Waals surface area (Å²) < 4.78 is 1.58. The van der Waals surface area contributed by atoms with Gasteiger partial charge >= 0.3 is 0 Å². The molecule has 0 saturated heterocycles. The van der Waals surface area contributed by atoms with Crippen molar-refractivity contribution in [1.82, 2.24) is 9.78 Å². The predicted octanol–water partition coefficient (Wildman–Crippen LogP) is 2.45. The summed E-state index contributed by atoms with van der Waals surface area (Å²) in [5.41, 5.74) is 1.69. The number of benzene rings is 1. The molecule has 2 aromatic rings. The maximum atomic E-state index is 9.30. The number of halogens is 1. The highest BCUT2D eigenvalue weighted by Crippen LogP contribution is 2.28. The van der Waals surface area contributed by atoms with Crippen LogP contribution < -0.4 is 0 Å². The Kier molecular flexibility index (Phi) is 2.17. The van der Waals surface area contributed by atoms with Gasteiger partial charge in [0.15, 0.2) is 0 Å². The number of hydrogen-bond acceptors (Lipinski definition) is 2. The first-order chi connectivity index (χ1) is 6.68. The highest BCUT2D eigenvalue weighted by atomic mass is 35.5. The van der Waals surface area contributed by atoms with Gasteiger partial charge in [0.1, 0.15) is 10.9 Å². The van der Waals surface area contributed by atoms with Crippen LogP contribution in [0.2, 0.25) is 5.15 Å². The molecule has 0 saturated carbocycles. The summed E-state index contributed by atoms with van der Waals surface area (Å²) in [7, 11) is 1.77. The molecule has 0 atom stereocenters. The maximum absolute atomic E-state index is 9.30. The van der Waals surface area contributed by atoms with Crippen molar-refractivity contribution < 1.29 is 5.11 Å². The summed E-state index contributed by atoms with van der Waals surface area (Å²) in [6, 6.07) is 6.92. The largest absolute Gasteiger partial charge is 0.508 e. The van der Waals surface area contributed by atoms with Gasteiger partial charge in [-0.3, -0.25) is 4.68 Å². The Balaban J connectivity index is 2.55. The fraction of sp³-hybridized carbons (Fsp3) is 0.100. The van der Waals surface area contributed by atoms with Crippen molar-refractivity contribution in [3.05, 3.63) is 35.6 Å². The van der Waals surface area contributed by atoms with E-state index in [9.17, 15) is 5.11 Å². The van der Waals surface area contributed by atoms with Crippen LogP contribution in [-0.2, 0) is 7.05 Å². The van der Waals surface area contributed by atoms with E-state index in [-0.39, 0.29) is 5.75 Å². The molecular formula is C10H9ClN2O. The molecule has 0 fully saturated rings. The van der Waals surface area contributed by atoms with Gasteiger partial charge in [-0.2, -0.15) is 5.10 Å². The number of rotatable bonds is 1. The van der Waals surface area contributed by atoms with Gasteiger partial charge in [0.25, 0.3) is 0 Å². The molecule has 4 heteroatoms. The van der Waals surface area contributed by atoms with E-state index in [0.717, 1.165) is 11.1 Å². The third kappa shape index (κ3) is 1.46. The topological polar surface area (TPSA) is 38.0 Å². The van der Waals surface area contributed by atoms with Crippen molar-refractivity contribution in [2.45, 2.75) is 0 Å². The second-order valence-corrected chi connectivity index (χ2v) is 3.38. The number of nitrogens with zero attached hydrogens (tertiary/aromatic N) is 2. The van der Waals surface area contributed by atoms with Crippen LogP contribution in [0.3, 0.4) is 0 Å². The fourth-order valence-electron chi connectivity index (χ4n) is 1.29. The zero-order valence-corrected chi connectivity index (χ0v) is 8.36. The zero-order chi connectivity index (χ0) is 10.1. The Labute approximate surface area is 86.6 Å². The monoisotopic (exact) mass is 208 g/mol. The molecule has 72 valence electrons. The summed E-state index contributed by atoms with van der Waals surface area (Å²) >= 11 is 6.01. The Morgan fingerprint density at radius 2 is 2.21 bits per heavy atom. The molecule has 2 rings (SSSR count). The van der Waals surface area contributed by atoms with Crippen molar-refractivity contribution in [2.75, 3.05) is 0 Å². The SMILES string of the molecule is Cn1ncc(-c2cccc(O)c2)c1Cl. The Bertz CT molecular complexity index is 465. The van der Waals surface area contributed by atoms with Gasteiger partial charge in [-0.25, -0.2) is 0 Å². The van der Waals surface area contributed by atoms with Gasteiger partial charge in [0.2, 0.25) is 0 Å². The minimum absolute atomic E-state index is 0.224. The number of hydrogen-bond donors (Lipinski definition) is 1. The van der Waals surface area contributed by atoms with Crippen LogP contribution >= 0.6 is 11.6 Å². The molecule has 1 aromatic heterocycles. The van der Waals surface area contributed by atoms with E-state index in [1.54, 1.807) is 36.1 Å². The first-order valence-corrected chi connectivity index (χ1v) is 4.53. The van der Waals surface area contributed by atoms with E-state index in [4.69, 9.17) is 11.6 Å². The van der Waals surface area contributed by atoms with Crippen LogP contribution in [0.1, 0.15) is 0 Å². The van der Waals surface area contributed by atoms with Crippen molar-refractivity contribution in [2.24, 2.45) is 7.05 Å². The fourth-order valence-corrected chi connectivity index (χ4v) is 1.49. The summed E-state index contributed by atoms with van der Waals surface area (Å²) in [5.74, 6) is 0.224. The van der Waals surface area contributed by atoms with Gasteiger partial charge in [-0.1, -0.05) is 23.7 Å². The number of aromatic nitrogens is 2. The van der Waals surface area contributed by atoms with Crippen LogP contribution in [0.4, 0.5) is 0 Å². The average Bonchev–Trinajstić information content (AvgIpc) is 2.48. The lowest BCUT2D eigenvalue weighted by Crippen LogP contribution is -1.88. The number of aryl methyl sites for hydroxylation is 1. The van der Waals surface area contributed by atoms with Gasteiger partial charge in [0, 0.05) is 12.6 Å². The van der Waals surface area contributed by atoms with Gasteiger partial charge in [-0.15, -0.1) is 0 Å². The number of phenols is 1. The third-order valence-corrected chi connectivity index (χ3v) is 2.47. The first kappa shape index (κ1) is 9.09. The lowest BCUT2D eigenvalue weighted by Gasteiger charge is -1.99. The van der Waals surface area contributed by atoms with Crippen molar-refractivity contribution in [3.8, 4) is 16.9 Å². The van der Waals surface area contributed by atoms with Gasteiger partial charge in [0.05, 0.1) is 6.20 Å². The molecule has 0 radical (unpaired) electrons. The van der Waals surface area contributed by atoms with E-state index in [2.05, 4.69) is 5.10 Å². The smallest absolute Gasteiger partial charge is 0.134 e. The summed E-state index contributed by atoms with van der Waals surface area (Å²) in [6.45, 7) is 0. The molecule has 1 aromatic carbocycles. The van der Waals surface area contributed by atoms with E-state index in [0.29, 0.717) is 5.15 Å². The lowest BCUT2D eigenvalue weighted by atomic mass is 10.1. The quantitative estimate of drug-likeness (QED) is 0.782. The molecule has 0 aliphatic heterocycles. The summed E-state index contributed by atoms with van der Waals surface area (Å²) in [6.07, 6.45) is 1.68. The first-order valence-electron chi connectivity index (χ1n) is 4.15. The second kappa shape index (κ2) is 3.35. The standard InChI is InChI=1S/C10H9ClN2O/c1-13-10(11)9(6-12-13)7-3-2-4-8(14)5-7/h2-6,14H,1H3. The van der Waals surface area contributed by atoms with Crippen molar-refractivity contribution in [3.63, 3.8) is 0 Å². The van der Waals surface area contributed by atoms with Crippen LogP contribution in [-0.4, -0.2) is 14.9 Å². The van der Waals surface area contributed by atoms with Crippen molar-refractivity contribution in [1.29, 1.82) is 0 Å². The van der Waals surface area contributed by atoms with E-state index in [1.807, 2.05) is 6.07 Å². The molecule has 0 amide bonds. The molecule has 0 bridgehead atoms. The molecule has 0 aliphatic rings. The predicted molar refractivity (Wildman–Crippen MR) is 55.3 cm³/mol. The second-order valence-electron chi connectivity index (χ2n) is 3.02. The molecule has 0 aliphatic carbocycles. The van der Waals surface area contributed by atoms with Crippen LogP contribution in [0, 0.1) is 0 Å². The Hall–Kier alpha value is -1.48. The number of aromatic hydroxyl groups is 1. The Morgan fingerprint density at radius 3 is 2.79 bits per heavy atom. The molecule has 1 heterocycles. The summed E-state index contributed by atoms with van der Waals surface area (Å²) in [5, 5.41) is 13.9. The normalized spacial score (nSPS) is 10.4. The van der Waals surface area contributed by atoms with Gasteiger partial charge < -0.3 is 5.11 Å². The highest BCUT2D eigenvalue weighted by Gasteiger charge is 2.07. The number of phenolic OH excluding ortho intramolecular Hbond substituents is 1. The average molecular weight is 209 g/mol. The molecule has 0 spiro atoms. The molecule has 1 N–H and O–H groups in total. The molecule has 0 unspecified atom stereocenters. The molecule has 3 nitrogen and oxygen atoms in total. The minimum atomic E-state index is 0.224. The van der Waals surface area contributed by atoms with E-state index < -0.39 is 0 Å². The van der Waals surface area contributed by atoms with E-state index >= 15 is 0 Å². The van der Waals surface area contributed by atoms with Crippen LogP contribution in [0.5, 0.6) is 5.75 Å². The minimum Gasteiger partial charge on any atom is -0.508 e.